The monoisotopic (exact) mass is 271 g/mol. The normalized spacial score (nSPS) is 20.8. The Morgan fingerprint density at radius 3 is 3.06 bits per heavy atom. The van der Waals surface area contributed by atoms with Gasteiger partial charge in [-0.2, -0.15) is 0 Å². The molecule has 0 spiro atoms. The van der Waals surface area contributed by atoms with Crippen LogP contribution in [0.1, 0.15) is 16.1 Å². The summed E-state index contributed by atoms with van der Waals surface area (Å²) >= 11 is 9.27. The number of carbonyl (C=O) groups excluding carboxylic acids is 1. The standard InChI is InChI=1S/C11H10ClNOS2/c12-7-1-3-13(6-7)11(14)10-5-9-8(16-10)2-4-15-9/h2,4-5,7H,1,3,6H2. The van der Waals surface area contributed by atoms with Gasteiger partial charge in [-0.15, -0.1) is 34.3 Å². The highest BCUT2D eigenvalue weighted by atomic mass is 35.5. The van der Waals surface area contributed by atoms with E-state index < -0.39 is 0 Å². The Hall–Kier alpha value is -0.580. The molecule has 5 heteroatoms. The van der Waals surface area contributed by atoms with Crippen molar-refractivity contribution in [1.29, 1.82) is 0 Å². The number of nitrogens with zero attached hydrogens (tertiary/aromatic N) is 1. The second-order valence-corrected chi connectivity index (χ2v) is 6.55. The van der Waals surface area contributed by atoms with Crippen LogP contribution in [0.5, 0.6) is 0 Å². The van der Waals surface area contributed by atoms with Gasteiger partial charge >= 0.3 is 0 Å². The Morgan fingerprint density at radius 2 is 2.38 bits per heavy atom. The molecule has 1 aliphatic heterocycles. The largest absolute Gasteiger partial charge is 0.336 e. The molecule has 84 valence electrons. The van der Waals surface area contributed by atoms with Crippen molar-refractivity contribution in [2.75, 3.05) is 13.1 Å². The molecule has 3 heterocycles. The Kier molecular flexibility index (Phi) is 2.65. The van der Waals surface area contributed by atoms with Gasteiger partial charge in [0.25, 0.3) is 5.91 Å². The number of alkyl halides is 1. The van der Waals surface area contributed by atoms with Gasteiger partial charge in [-0.3, -0.25) is 4.79 Å². The first-order chi connectivity index (χ1) is 7.74. The zero-order chi connectivity index (χ0) is 11.1. The highest BCUT2D eigenvalue weighted by molar-refractivity contribution is 7.27. The number of thiophene rings is 2. The number of halogens is 1. The zero-order valence-corrected chi connectivity index (χ0v) is 10.9. The van der Waals surface area contributed by atoms with Crippen molar-refractivity contribution in [2.24, 2.45) is 0 Å². The lowest BCUT2D eigenvalue weighted by atomic mass is 10.4. The molecule has 1 saturated heterocycles. The summed E-state index contributed by atoms with van der Waals surface area (Å²) in [6.45, 7) is 1.48. The lowest BCUT2D eigenvalue weighted by Gasteiger charge is -2.13. The number of rotatable bonds is 1. The summed E-state index contributed by atoms with van der Waals surface area (Å²) in [6.07, 6.45) is 0.910. The van der Waals surface area contributed by atoms with Crippen LogP contribution in [0.2, 0.25) is 0 Å². The van der Waals surface area contributed by atoms with Crippen molar-refractivity contribution in [1.82, 2.24) is 4.90 Å². The second kappa shape index (κ2) is 4.02. The fourth-order valence-corrected chi connectivity index (χ4v) is 4.27. The van der Waals surface area contributed by atoms with Crippen LogP contribution >= 0.6 is 34.3 Å². The van der Waals surface area contributed by atoms with E-state index in [1.165, 1.54) is 9.40 Å². The van der Waals surface area contributed by atoms with E-state index in [1.807, 2.05) is 11.0 Å². The number of carbonyl (C=O) groups is 1. The summed E-state index contributed by atoms with van der Waals surface area (Å²) in [5, 5.41) is 2.19. The average Bonchev–Trinajstić information content (AvgIpc) is 2.89. The maximum atomic E-state index is 12.1. The summed E-state index contributed by atoms with van der Waals surface area (Å²) in [5.74, 6) is 0.136. The van der Waals surface area contributed by atoms with Crippen LogP contribution < -0.4 is 0 Å². The molecule has 0 N–H and O–H groups in total. The Morgan fingerprint density at radius 1 is 1.50 bits per heavy atom. The first kappa shape index (κ1) is 10.6. The van der Waals surface area contributed by atoms with Crippen molar-refractivity contribution in [3.63, 3.8) is 0 Å². The molecular weight excluding hydrogens is 262 g/mol. The van der Waals surface area contributed by atoms with Crippen LogP contribution in [0.3, 0.4) is 0 Å². The molecule has 0 aliphatic carbocycles. The van der Waals surface area contributed by atoms with Gasteiger partial charge in [0.05, 0.1) is 10.3 Å². The molecule has 3 rings (SSSR count). The Labute approximate surface area is 106 Å². The first-order valence-corrected chi connectivity index (χ1v) is 7.27. The summed E-state index contributed by atoms with van der Waals surface area (Å²) in [7, 11) is 0. The van der Waals surface area contributed by atoms with E-state index in [1.54, 1.807) is 22.7 Å². The Bertz CT molecular complexity index is 504. The summed E-state index contributed by atoms with van der Waals surface area (Å²) in [4.78, 5) is 14.8. The van der Waals surface area contributed by atoms with Crippen molar-refractivity contribution in [3.05, 3.63) is 22.4 Å². The molecule has 0 radical (unpaired) electrons. The van der Waals surface area contributed by atoms with E-state index in [-0.39, 0.29) is 11.3 Å². The van der Waals surface area contributed by atoms with Crippen LogP contribution in [0, 0.1) is 0 Å². The van der Waals surface area contributed by atoms with Crippen molar-refractivity contribution >= 4 is 49.6 Å². The number of hydrogen-bond acceptors (Lipinski definition) is 3. The first-order valence-electron chi connectivity index (χ1n) is 5.14. The fourth-order valence-electron chi connectivity index (χ4n) is 1.93. The number of fused-ring (bicyclic) bond motifs is 1. The van der Waals surface area contributed by atoms with Crippen LogP contribution in [-0.2, 0) is 0 Å². The van der Waals surface area contributed by atoms with Gasteiger partial charge in [-0.05, 0) is 23.9 Å². The van der Waals surface area contributed by atoms with Crippen molar-refractivity contribution in [3.8, 4) is 0 Å². The van der Waals surface area contributed by atoms with Gasteiger partial charge in [0.15, 0.2) is 0 Å². The molecule has 1 fully saturated rings. The topological polar surface area (TPSA) is 20.3 Å². The highest BCUT2D eigenvalue weighted by Gasteiger charge is 2.26. The van der Waals surface area contributed by atoms with Gasteiger partial charge in [0, 0.05) is 22.5 Å². The summed E-state index contributed by atoms with van der Waals surface area (Å²) < 4.78 is 2.41. The van der Waals surface area contributed by atoms with E-state index in [4.69, 9.17) is 11.6 Å². The predicted molar refractivity (Wildman–Crippen MR) is 69.9 cm³/mol. The summed E-state index contributed by atoms with van der Waals surface area (Å²) in [6, 6.07) is 4.06. The number of hydrogen-bond donors (Lipinski definition) is 0. The van der Waals surface area contributed by atoms with Gasteiger partial charge < -0.3 is 4.90 Å². The molecule has 2 aromatic rings. The highest BCUT2D eigenvalue weighted by Crippen LogP contribution is 2.31. The molecule has 1 unspecified atom stereocenters. The molecule has 16 heavy (non-hydrogen) atoms. The molecular formula is C11H10ClNOS2. The number of amides is 1. The van der Waals surface area contributed by atoms with Gasteiger partial charge in [-0.1, -0.05) is 0 Å². The van der Waals surface area contributed by atoms with Crippen molar-refractivity contribution < 1.29 is 4.79 Å². The van der Waals surface area contributed by atoms with Gasteiger partial charge in [-0.25, -0.2) is 0 Å². The smallest absolute Gasteiger partial charge is 0.264 e. The molecule has 1 aliphatic rings. The van der Waals surface area contributed by atoms with E-state index >= 15 is 0 Å². The van der Waals surface area contributed by atoms with E-state index in [2.05, 4.69) is 11.4 Å². The maximum absolute atomic E-state index is 12.1. The van der Waals surface area contributed by atoms with Crippen LogP contribution in [0.4, 0.5) is 0 Å². The van der Waals surface area contributed by atoms with E-state index in [0.29, 0.717) is 6.54 Å². The van der Waals surface area contributed by atoms with E-state index in [0.717, 1.165) is 17.8 Å². The quantitative estimate of drug-likeness (QED) is 0.728. The second-order valence-electron chi connectivity index (χ2n) is 3.90. The molecule has 0 aromatic carbocycles. The van der Waals surface area contributed by atoms with Crippen LogP contribution in [-0.4, -0.2) is 29.3 Å². The third kappa shape index (κ3) is 1.75. The number of likely N-dealkylation sites (tertiary alicyclic amines) is 1. The minimum Gasteiger partial charge on any atom is -0.336 e. The zero-order valence-electron chi connectivity index (χ0n) is 8.48. The van der Waals surface area contributed by atoms with Gasteiger partial charge in [0.2, 0.25) is 0 Å². The van der Waals surface area contributed by atoms with E-state index in [9.17, 15) is 4.79 Å². The fraction of sp³-hybridized carbons (Fsp3) is 0.364. The molecule has 2 aromatic heterocycles. The summed E-state index contributed by atoms with van der Waals surface area (Å²) in [5.41, 5.74) is 0. The third-order valence-corrected chi connectivity index (χ3v) is 5.21. The average molecular weight is 272 g/mol. The molecule has 1 atom stereocenters. The SMILES string of the molecule is O=C(c1cc2sccc2s1)N1CCC(Cl)C1. The molecule has 0 saturated carbocycles. The minimum atomic E-state index is 0.130. The lowest BCUT2D eigenvalue weighted by Crippen LogP contribution is -2.28. The molecule has 0 bridgehead atoms. The van der Waals surface area contributed by atoms with Crippen LogP contribution in [0.15, 0.2) is 17.5 Å². The maximum Gasteiger partial charge on any atom is 0.264 e. The minimum absolute atomic E-state index is 0.130. The molecule has 2 nitrogen and oxygen atoms in total. The van der Waals surface area contributed by atoms with Crippen LogP contribution in [0.25, 0.3) is 9.40 Å². The van der Waals surface area contributed by atoms with Gasteiger partial charge in [0.1, 0.15) is 0 Å². The molecule has 1 amide bonds. The predicted octanol–water partition coefficient (Wildman–Crippen LogP) is 3.42. The lowest BCUT2D eigenvalue weighted by molar-refractivity contribution is 0.0798. The third-order valence-electron chi connectivity index (χ3n) is 2.77. The van der Waals surface area contributed by atoms with Crippen molar-refractivity contribution in [2.45, 2.75) is 11.8 Å². The Balaban J connectivity index is 1.87.